The number of hydrogen-bond donors (Lipinski definition) is 0. The average molecular weight is 309 g/mol. The molecule has 1 nitrogen and oxygen atoms in total. The molecule has 3 aromatic rings. The average Bonchev–Trinajstić information content (AvgIpc) is 2.59. The second kappa shape index (κ2) is 9.08. The summed E-state index contributed by atoms with van der Waals surface area (Å²) >= 11 is 0. The van der Waals surface area contributed by atoms with Crippen molar-refractivity contribution in [3.8, 4) is 0 Å². The Morgan fingerprint density at radius 1 is 0.500 bits per heavy atom. The van der Waals surface area contributed by atoms with Crippen LogP contribution in [0.3, 0.4) is 0 Å². The van der Waals surface area contributed by atoms with Crippen LogP contribution >= 0.6 is 0 Å². The van der Waals surface area contributed by atoms with Crippen LogP contribution in [-0.2, 0) is 15.6 Å². The maximum Gasteiger partial charge on any atom is 0.166 e. The smallest absolute Gasteiger partial charge is 0.166 e. The van der Waals surface area contributed by atoms with Crippen molar-refractivity contribution in [2.24, 2.45) is 0 Å². The molecule has 3 rings (SSSR count). The van der Waals surface area contributed by atoms with Crippen LogP contribution < -0.4 is 0 Å². The van der Waals surface area contributed by atoms with Crippen LogP contribution in [0.15, 0.2) is 106 Å². The van der Waals surface area contributed by atoms with E-state index in [4.69, 9.17) is 0 Å². The quantitative estimate of drug-likeness (QED) is 0.616. The first-order valence-corrected chi connectivity index (χ1v) is 8.39. The maximum atomic E-state index is 4.25. The molecule has 0 atom stereocenters. The SMILES string of the molecule is COC.c1ccc([S+](c2ccccc2)c2ccccc2)cc1. The standard InChI is InChI=1S/C18H15S.C2H6O/c1-4-10-16(11-5-1)19(17-12-6-2-7-13-17)18-14-8-3-9-15-18;1-3-2/h1-15H;1-2H3/q+1;. The summed E-state index contributed by atoms with van der Waals surface area (Å²) in [4.78, 5) is 4.08. The van der Waals surface area contributed by atoms with Gasteiger partial charge in [-0.25, -0.2) is 0 Å². The number of rotatable bonds is 3. The Kier molecular flexibility index (Phi) is 6.75. The monoisotopic (exact) mass is 309 g/mol. The zero-order chi connectivity index (χ0) is 15.6. The van der Waals surface area contributed by atoms with Gasteiger partial charge in [0.2, 0.25) is 0 Å². The lowest BCUT2D eigenvalue weighted by atomic mass is 10.4. The second-order valence-corrected chi connectivity index (χ2v) is 6.68. The topological polar surface area (TPSA) is 9.23 Å². The fourth-order valence-electron chi connectivity index (χ4n) is 2.08. The summed E-state index contributed by atoms with van der Waals surface area (Å²) in [7, 11) is 3.24. The van der Waals surface area contributed by atoms with Crippen LogP contribution in [0.1, 0.15) is 0 Å². The highest BCUT2D eigenvalue weighted by Gasteiger charge is 2.27. The molecular formula is C20H21OS+. The number of hydrogen-bond acceptors (Lipinski definition) is 1. The summed E-state index contributed by atoms with van der Waals surface area (Å²) in [6.07, 6.45) is 0. The molecule has 0 aliphatic rings. The van der Waals surface area contributed by atoms with Crippen LogP contribution in [0, 0.1) is 0 Å². The fourth-order valence-corrected chi connectivity index (χ4v) is 4.18. The van der Waals surface area contributed by atoms with Crippen molar-refractivity contribution in [2.45, 2.75) is 14.7 Å². The molecule has 0 N–H and O–H groups in total. The Morgan fingerprint density at radius 3 is 0.955 bits per heavy atom. The molecule has 0 saturated heterocycles. The van der Waals surface area contributed by atoms with E-state index in [0.29, 0.717) is 0 Å². The first-order chi connectivity index (χ1) is 10.9. The summed E-state index contributed by atoms with van der Waals surface area (Å²) in [6, 6.07) is 32.2. The highest BCUT2D eigenvalue weighted by Crippen LogP contribution is 2.30. The molecule has 0 amide bonds. The van der Waals surface area contributed by atoms with Crippen molar-refractivity contribution in [2.75, 3.05) is 14.2 Å². The molecule has 0 radical (unpaired) electrons. The molecule has 112 valence electrons. The molecule has 3 aromatic carbocycles. The van der Waals surface area contributed by atoms with E-state index in [1.807, 2.05) is 0 Å². The number of benzene rings is 3. The normalized spacial score (nSPS) is 9.95. The van der Waals surface area contributed by atoms with Crippen LogP contribution in [-0.4, -0.2) is 14.2 Å². The summed E-state index contributed by atoms with van der Waals surface area (Å²) in [5, 5.41) is 0. The Balaban J connectivity index is 0.000000545. The zero-order valence-electron chi connectivity index (χ0n) is 13.0. The molecule has 0 aliphatic carbocycles. The minimum atomic E-state index is -0.0146. The zero-order valence-corrected chi connectivity index (χ0v) is 13.8. The van der Waals surface area contributed by atoms with Crippen molar-refractivity contribution in [3.05, 3.63) is 91.0 Å². The summed E-state index contributed by atoms with van der Waals surface area (Å²) in [6.45, 7) is 0. The van der Waals surface area contributed by atoms with Crippen molar-refractivity contribution in [1.29, 1.82) is 0 Å². The lowest BCUT2D eigenvalue weighted by molar-refractivity contribution is 0.277. The van der Waals surface area contributed by atoms with Gasteiger partial charge >= 0.3 is 0 Å². The highest BCUT2D eigenvalue weighted by atomic mass is 32.2. The second-order valence-electron chi connectivity index (χ2n) is 4.65. The van der Waals surface area contributed by atoms with Gasteiger partial charge in [0.15, 0.2) is 14.7 Å². The van der Waals surface area contributed by atoms with Crippen LogP contribution in [0.5, 0.6) is 0 Å². The molecule has 0 bridgehead atoms. The van der Waals surface area contributed by atoms with E-state index < -0.39 is 0 Å². The van der Waals surface area contributed by atoms with Gasteiger partial charge in [-0.1, -0.05) is 54.6 Å². The van der Waals surface area contributed by atoms with Crippen LogP contribution in [0.25, 0.3) is 0 Å². The van der Waals surface area contributed by atoms with Gasteiger partial charge < -0.3 is 4.74 Å². The predicted molar refractivity (Wildman–Crippen MR) is 94.4 cm³/mol. The Labute approximate surface area is 135 Å². The molecule has 0 heterocycles. The van der Waals surface area contributed by atoms with Gasteiger partial charge in [-0.2, -0.15) is 0 Å². The summed E-state index contributed by atoms with van der Waals surface area (Å²) in [5.41, 5.74) is 0. The molecule has 0 saturated carbocycles. The molecule has 0 unspecified atom stereocenters. The van der Waals surface area contributed by atoms with Crippen molar-refractivity contribution < 1.29 is 4.74 Å². The third kappa shape index (κ3) is 4.48. The van der Waals surface area contributed by atoms with Gasteiger partial charge in [-0.15, -0.1) is 0 Å². The fraction of sp³-hybridized carbons (Fsp3) is 0.100. The summed E-state index contributed by atoms with van der Waals surface area (Å²) < 4.78 is 4.25. The van der Waals surface area contributed by atoms with Gasteiger partial charge in [0.05, 0.1) is 10.9 Å². The Bertz CT molecular complexity index is 544. The molecular weight excluding hydrogens is 288 g/mol. The first-order valence-electron chi connectivity index (χ1n) is 7.16. The molecule has 22 heavy (non-hydrogen) atoms. The van der Waals surface area contributed by atoms with E-state index in [1.54, 1.807) is 14.2 Å². The third-order valence-electron chi connectivity index (χ3n) is 2.94. The van der Waals surface area contributed by atoms with Gasteiger partial charge in [-0.3, -0.25) is 0 Å². The van der Waals surface area contributed by atoms with E-state index in [-0.39, 0.29) is 10.9 Å². The minimum absolute atomic E-state index is 0.0146. The molecule has 2 heteroatoms. The van der Waals surface area contributed by atoms with Crippen molar-refractivity contribution in [3.63, 3.8) is 0 Å². The lowest BCUT2D eigenvalue weighted by Crippen LogP contribution is -2.04. The molecule has 0 spiro atoms. The first kappa shape index (κ1) is 16.3. The van der Waals surface area contributed by atoms with E-state index in [2.05, 4.69) is 95.7 Å². The van der Waals surface area contributed by atoms with Crippen molar-refractivity contribution in [1.82, 2.24) is 0 Å². The van der Waals surface area contributed by atoms with E-state index >= 15 is 0 Å². The molecule has 0 fully saturated rings. The van der Waals surface area contributed by atoms with E-state index in [0.717, 1.165) is 0 Å². The predicted octanol–water partition coefficient (Wildman–Crippen LogP) is 5.04. The van der Waals surface area contributed by atoms with Gasteiger partial charge in [-0.05, 0) is 36.4 Å². The third-order valence-corrected chi connectivity index (χ3v) is 5.17. The highest BCUT2D eigenvalue weighted by molar-refractivity contribution is 7.97. The number of methoxy groups -OCH3 is 1. The van der Waals surface area contributed by atoms with E-state index in [9.17, 15) is 0 Å². The Hall–Kier alpha value is -2.03. The maximum absolute atomic E-state index is 4.25. The Morgan fingerprint density at radius 2 is 0.727 bits per heavy atom. The largest absolute Gasteiger partial charge is 0.388 e. The van der Waals surface area contributed by atoms with E-state index in [1.165, 1.54) is 14.7 Å². The number of ether oxygens (including phenoxy) is 1. The van der Waals surface area contributed by atoms with Crippen LogP contribution in [0.2, 0.25) is 0 Å². The van der Waals surface area contributed by atoms with Crippen molar-refractivity contribution >= 4 is 10.9 Å². The van der Waals surface area contributed by atoms with Gasteiger partial charge in [0.25, 0.3) is 0 Å². The molecule has 0 aliphatic heterocycles. The molecule has 0 aromatic heterocycles. The van der Waals surface area contributed by atoms with Gasteiger partial charge in [0, 0.05) is 14.2 Å². The minimum Gasteiger partial charge on any atom is -0.388 e. The summed E-state index contributed by atoms with van der Waals surface area (Å²) in [5.74, 6) is 0. The van der Waals surface area contributed by atoms with Crippen LogP contribution in [0.4, 0.5) is 0 Å². The van der Waals surface area contributed by atoms with Gasteiger partial charge in [0.1, 0.15) is 0 Å². The lowest BCUT2D eigenvalue weighted by Gasteiger charge is -2.07.